The van der Waals surface area contributed by atoms with Crippen molar-refractivity contribution in [3.63, 3.8) is 0 Å². The van der Waals surface area contributed by atoms with Crippen molar-refractivity contribution in [3.05, 3.63) is 0 Å². The van der Waals surface area contributed by atoms with Crippen LogP contribution in [0.1, 0.15) is 0 Å². The van der Waals surface area contributed by atoms with Crippen molar-refractivity contribution < 1.29 is 25.2 Å². The van der Waals surface area contributed by atoms with E-state index in [1.807, 2.05) is 0 Å². The minimum absolute atomic E-state index is 0.648. The van der Waals surface area contributed by atoms with E-state index in [0.717, 1.165) is 0 Å². The molecule has 0 rings (SSSR count). The van der Waals surface area contributed by atoms with E-state index in [4.69, 9.17) is 5.11 Å². The van der Waals surface area contributed by atoms with Crippen molar-refractivity contribution in [1.29, 1.82) is 0 Å². The van der Waals surface area contributed by atoms with E-state index in [9.17, 15) is 4.79 Å². The van der Waals surface area contributed by atoms with Gasteiger partial charge in [0.1, 0.15) is 0 Å². The van der Waals surface area contributed by atoms with Gasteiger partial charge in [0.15, 0.2) is 0 Å². The van der Waals surface area contributed by atoms with Gasteiger partial charge in [-0.2, -0.15) is 0 Å². The fraction of sp³-hybridized carbons (Fsp3) is 0. The summed E-state index contributed by atoms with van der Waals surface area (Å²) in [5.41, 5.74) is 0. The second kappa shape index (κ2) is 2.83. The van der Waals surface area contributed by atoms with E-state index in [2.05, 4.69) is 15.3 Å². The molecule has 0 spiro atoms. The molecule has 0 saturated carbocycles. The van der Waals surface area contributed by atoms with Crippen LogP contribution in [-0.2, 0) is 15.3 Å². The third-order valence-corrected chi connectivity index (χ3v) is 2.05. The molecule has 1 atom stereocenters. The van der Waals surface area contributed by atoms with Gasteiger partial charge in [-0.3, -0.25) is 0 Å². The number of carbonyl (C=O) groups is 1. The molecule has 0 aromatic heterocycles. The van der Waals surface area contributed by atoms with Gasteiger partial charge >= 0.3 is 43.5 Å². The van der Waals surface area contributed by atoms with E-state index in [0.29, 0.717) is 0 Å². The van der Waals surface area contributed by atoms with Crippen molar-refractivity contribution in [1.82, 2.24) is 0 Å². The predicted octanol–water partition coefficient (Wildman–Crippen LogP) is -0.437. The summed E-state index contributed by atoms with van der Waals surface area (Å²) in [6.07, 6.45) is 0. The van der Waals surface area contributed by atoms with Crippen LogP contribution in [0.3, 0.4) is 0 Å². The van der Waals surface area contributed by atoms with Crippen molar-refractivity contribution >= 4 is 18.3 Å². The number of carboxylic acid groups (broad SMARTS) is 1. The molecule has 0 saturated heterocycles. The van der Waals surface area contributed by atoms with Crippen LogP contribution in [0.15, 0.2) is 0 Å². The summed E-state index contributed by atoms with van der Waals surface area (Å²) in [7, 11) is 0. The second-order valence-corrected chi connectivity index (χ2v) is 3.60. The van der Waals surface area contributed by atoms with Crippen molar-refractivity contribution in [2.45, 2.75) is 0 Å². The number of hydrogen-bond acceptors (Lipinski definition) is 1. The molecule has 0 heterocycles. The van der Waals surface area contributed by atoms with E-state index >= 15 is 0 Å². The summed E-state index contributed by atoms with van der Waals surface area (Å²) >= 11 is 1.39. The maximum atomic E-state index is 9.41. The second-order valence-electron chi connectivity index (χ2n) is 0.417. The SMILES string of the molecule is O=C(O)[AsH][V]. The summed E-state index contributed by atoms with van der Waals surface area (Å²) in [5, 5.41) is 7.76. The molecule has 4 heteroatoms. The first kappa shape index (κ1) is 5.61. The molecule has 1 unspecified atom stereocenters. The number of hydrogen-bond donors (Lipinski definition) is 1. The molecule has 0 aliphatic rings. The number of rotatable bonds is 1. The fourth-order valence-corrected chi connectivity index (χ4v) is 0. The molecular formula is CH2AsO2V. The average Bonchev–Trinajstić information content (AvgIpc) is 1.38. The quantitative estimate of drug-likeness (QED) is 0.544. The van der Waals surface area contributed by atoms with Gasteiger partial charge < -0.3 is 0 Å². The Hall–Kier alpha value is 0.613. The van der Waals surface area contributed by atoms with Gasteiger partial charge in [-0.25, -0.2) is 0 Å². The topological polar surface area (TPSA) is 37.3 Å². The monoisotopic (exact) mass is 172 g/mol. The van der Waals surface area contributed by atoms with E-state index in [1.165, 1.54) is 0 Å². The molecule has 0 aliphatic heterocycles. The third-order valence-electron chi connectivity index (χ3n) is 0.0956. The molecule has 0 aromatic rings. The van der Waals surface area contributed by atoms with Crippen LogP contribution in [0.2, 0.25) is 0 Å². The van der Waals surface area contributed by atoms with Gasteiger partial charge in [-0.1, -0.05) is 0 Å². The van der Waals surface area contributed by atoms with Gasteiger partial charge in [0.2, 0.25) is 0 Å². The molecule has 1 N–H and O–H groups in total. The maximum absolute atomic E-state index is 9.41. The molecule has 28 valence electrons. The first-order chi connectivity index (χ1) is 2.27. The summed E-state index contributed by atoms with van der Waals surface area (Å²) in [5.74, 6) is 0. The Morgan fingerprint density at radius 2 is 2.20 bits per heavy atom. The van der Waals surface area contributed by atoms with Crippen molar-refractivity contribution in [3.8, 4) is 0 Å². The Labute approximate surface area is 43.8 Å². The third kappa shape index (κ3) is 4.61. The molecule has 0 aliphatic carbocycles. The normalized spacial score (nSPS) is 9.60. The molecule has 0 fully saturated rings. The predicted molar refractivity (Wildman–Crippen MR) is 15.2 cm³/mol. The Balaban J connectivity index is 2.85. The molecule has 0 bridgehead atoms. The molecule has 0 radical (unpaired) electrons. The van der Waals surface area contributed by atoms with Crippen LogP contribution in [0, 0.1) is 0 Å². The van der Waals surface area contributed by atoms with E-state index in [1.54, 1.807) is 0 Å². The zero-order valence-electron chi connectivity index (χ0n) is 2.30. The van der Waals surface area contributed by atoms with Crippen LogP contribution >= 0.6 is 0 Å². The first-order valence-corrected chi connectivity index (χ1v) is 6.52. The van der Waals surface area contributed by atoms with Gasteiger partial charge in [0.05, 0.1) is 0 Å². The molecule has 5 heavy (non-hydrogen) atoms. The fourth-order valence-electron chi connectivity index (χ4n) is 0. The van der Waals surface area contributed by atoms with Gasteiger partial charge in [-0.15, -0.1) is 0 Å². The van der Waals surface area contributed by atoms with E-state index in [-0.39, 0.29) is 0 Å². The van der Waals surface area contributed by atoms with Crippen LogP contribution in [0.4, 0.5) is 4.79 Å². The molecule has 0 aromatic carbocycles. The Kier molecular flexibility index (Phi) is 3.18. The van der Waals surface area contributed by atoms with Crippen LogP contribution in [0.25, 0.3) is 0 Å². The Bertz CT molecular complexity index is 44.9. The van der Waals surface area contributed by atoms with Crippen LogP contribution in [-0.4, -0.2) is 23.4 Å². The van der Waals surface area contributed by atoms with Crippen molar-refractivity contribution in [2.24, 2.45) is 0 Å². The summed E-state index contributed by atoms with van der Waals surface area (Å²) in [6, 6.07) is 0. The summed E-state index contributed by atoms with van der Waals surface area (Å²) in [6.45, 7) is 0. The summed E-state index contributed by atoms with van der Waals surface area (Å²) < 4.78 is -0.648. The van der Waals surface area contributed by atoms with Crippen LogP contribution < -0.4 is 0 Å². The standard InChI is InChI=1S/CH2AsO2.V/c2-1(3)4;/h2H,(H,3,4);/q-1;+1. The Morgan fingerprint density at radius 1 is 2.00 bits per heavy atom. The average molecular weight is 172 g/mol. The van der Waals surface area contributed by atoms with Gasteiger partial charge in [-0.05, 0) is 0 Å². The van der Waals surface area contributed by atoms with Gasteiger partial charge in [0.25, 0.3) is 0 Å². The zero-order chi connectivity index (χ0) is 4.28. The summed E-state index contributed by atoms with van der Waals surface area (Å²) in [4.78, 5) is 9.41. The Morgan fingerprint density at radius 3 is 2.20 bits per heavy atom. The van der Waals surface area contributed by atoms with E-state index < -0.39 is 18.3 Å². The first-order valence-electron chi connectivity index (χ1n) is 0.901. The molecular weight excluding hydrogens is 170 g/mol. The minimum atomic E-state index is -0.701. The molecule has 2 nitrogen and oxygen atoms in total. The van der Waals surface area contributed by atoms with Gasteiger partial charge in [0, 0.05) is 0 Å². The van der Waals surface area contributed by atoms with Crippen molar-refractivity contribution in [2.75, 3.05) is 0 Å². The zero-order valence-corrected chi connectivity index (χ0v) is 5.80. The molecule has 0 amide bonds. The van der Waals surface area contributed by atoms with Crippen LogP contribution in [0.5, 0.6) is 0 Å².